The van der Waals surface area contributed by atoms with Crippen LogP contribution in [0.15, 0.2) is 60.3 Å². The average Bonchev–Trinajstić information content (AvgIpc) is 3.17. The van der Waals surface area contributed by atoms with Crippen LogP contribution >= 0.6 is 23.8 Å². The Hall–Kier alpha value is -3.55. The molecule has 0 saturated carbocycles. The first-order chi connectivity index (χ1) is 18.2. The van der Waals surface area contributed by atoms with Gasteiger partial charge < -0.3 is 19.5 Å². The van der Waals surface area contributed by atoms with E-state index in [2.05, 4.69) is 19.2 Å². The number of anilines is 1. The van der Waals surface area contributed by atoms with Gasteiger partial charge in [0.1, 0.15) is 29.6 Å². The number of aryl methyl sites for hydroxylation is 1. The maximum atomic E-state index is 13.2. The molecule has 1 heterocycles. The molecule has 0 bridgehead atoms. The summed E-state index contributed by atoms with van der Waals surface area (Å²) in [5.74, 6) is 2.24. The number of carbonyl (C=O) groups excluding carboxylic acids is 1. The van der Waals surface area contributed by atoms with Gasteiger partial charge in [0, 0.05) is 10.6 Å². The van der Waals surface area contributed by atoms with Gasteiger partial charge in [-0.25, -0.2) is 0 Å². The fourth-order valence-electron chi connectivity index (χ4n) is 4.20. The first kappa shape index (κ1) is 27.5. The van der Waals surface area contributed by atoms with Crippen LogP contribution in [0.5, 0.6) is 17.2 Å². The second-order valence-electron chi connectivity index (χ2n) is 9.21. The van der Waals surface area contributed by atoms with E-state index in [0.717, 1.165) is 38.8 Å². The molecule has 1 saturated heterocycles. The number of halogens is 1. The van der Waals surface area contributed by atoms with E-state index in [1.165, 1.54) is 4.90 Å². The third-order valence-corrected chi connectivity index (χ3v) is 6.89. The van der Waals surface area contributed by atoms with Crippen LogP contribution in [0.3, 0.4) is 0 Å². The first-order valence-corrected chi connectivity index (χ1v) is 13.2. The highest BCUT2D eigenvalue weighted by atomic mass is 35.5. The summed E-state index contributed by atoms with van der Waals surface area (Å²) in [6, 6.07) is 16.9. The Kier molecular flexibility index (Phi) is 8.59. The van der Waals surface area contributed by atoms with E-state index in [-0.39, 0.29) is 11.8 Å². The largest absolute Gasteiger partial charge is 0.496 e. The Morgan fingerprint density at radius 1 is 1.05 bits per heavy atom. The van der Waals surface area contributed by atoms with Gasteiger partial charge in [-0.2, -0.15) is 0 Å². The number of ether oxygens (including phenoxy) is 3. The fraction of sp³-hybridized carbons (Fsp3) is 0.267. The smallest absolute Gasteiger partial charge is 0.281 e. The molecule has 1 amide bonds. The molecule has 3 aromatic carbocycles. The molecule has 0 aromatic heterocycles. The SMILES string of the molecule is CCOc1ccc(N2C(=O)/C(=C\c3ccc(OC)c(COc4cc(C)c(Cl)cc4C(C)C)c3)NC2=S)cc1. The van der Waals surface area contributed by atoms with Crippen molar-refractivity contribution in [3.63, 3.8) is 0 Å². The minimum absolute atomic E-state index is 0.231. The number of rotatable bonds is 9. The van der Waals surface area contributed by atoms with Gasteiger partial charge in [0.25, 0.3) is 5.91 Å². The predicted octanol–water partition coefficient (Wildman–Crippen LogP) is 7.02. The minimum Gasteiger partial charge on any atom is -0.496 e. The zero-order valence-corrected chi connectivity index (χ0v) is 23.7. The molecule has 0 aliphatic carbocycles. The van der Waals surface area contributed by atoms with Crippen LogP contribution in [-0.4, -0.2) is 24.7 Å². The van der Waals surface area contributed by atoms with Gasteiger partial charge in [0.15, 0.2) is 5.11 Å². The topological polar surface area (TPSA) is 60.0 Å². The van der Waals surface area contributed by atoms with Gasteiger partial charge in [-0.3, -0.25) is 9.69 Å². The number of amides is 1. The third-order valence-electron chi connectivity index (χ3n) is 6.20. The predicted molar refractivity (Wildman–Crippen MR) is 156 cm³/mol. The molecule has 38 heavy (non-hydrogen) atoms. The Morgan fingerprint density at radius 3 is 2.45 bits per heavy atom. The zero-order chi connectivity index (χ0) is 27.4. The number of methoxy groups -OCH3 is 1. The Labute approximate surface area is 234 Å². The van der Waals surface area contributed by atoms with E-state index in [1.807, 2.05) is 68.4 Å². The zero-order valence-electron chi connectivity index (χ0n) is 22.1. The number of carbonyl (C=O) groups is 1. The van der Waals surface area contributed by atoms with Crippen LogP contribution in [-0.2, 0) is 11.4 Å². The molecule has 0 radical (unpaired) electrons. The molecule has 1 aliphatic heterocycles. The maximum absolute atomic E-state index is 13.2. The maximum Gasteiger partial charge on any atom is 0.281 e. The number of hydrogen-bond donors (Lipinski definition) is 1. The Morgan fingerprint density at radius 2 is 1.79 bits per heavy atom. The lowest BCUT2D eigenvalue weighted by molar-refractivity contribution is -0.113. The number of benzene rings is 3. The van der Waals surface area contributed by atoms with Crippen LogP contribution in [0.2, 0.25) is 5.02 Å². The van der Waals surface area contributed by atoms with Crippen molar-refractivity contribution in [1.29, 1.82) is 0 Å². The summed E-state index contributed by atoms with van der Waals surface area (Å²) in [5.41, 5.74) is 4.71. The summed E-state index contributed by atoms with van der Waals surface area (Å²) >= 11 is 11.8. The highest BCUT2D eigenvalue weighted by Crippen LogP contribution is 2.33. The van der Waals surface area contributed by atoms with Crippen molar-refractivity contribution in [1.82, 2.24) is 5.32 Å². The van der Waals surface area contributed by atoms with Crippen molar-refractivity contribution in [3.05, 3.63) is 87.6 Å². The molecule has 8 heteroatoms. The summed E-state index contributed by atoms with van der Waals surface area (Å²) in [7, 11) is 1.62. The average molecular weight is 551 g/mol. The highest BCUT2D eigenvalue weighted by molar-refractivity contribution is 7.80. The van der Waals surface area contributed by atoms with Crippen molar-refractivity contribution < 1.29 is 19.0 Å². The Balaban J connectivity index is 1.57. The van der Waals surface area contributed by atoms with E-state index in [1.54, 1.807) is 13.2 Å². The van der Waals surface area contributed by atoms with E-state index in [9.17, 15) is 4.79 Å². The number of nitrogens with one attached hydrogen (secondary N) is 1. The second-order valence-corrected chi connectivity index (χ2v) is 10.0. The van der Waals surface area contributed by atoms with E-state index < -0.39 is 0 Å². The molecule has 1 aliphatic rings. The lowest BCUT2D eigenvalue weighted by Gasteiger charge is -2.17. The molecule has 0 spiro atoms. The van der Waals surface area contributed by atoms with E-state index in [4.69, 9.17) is 38.0 Å². The summed E-state index contributed by atoms with van der Waals surface area (Å²) in [6.45, 7) is 8.95. The molecule has 3 aromatic rings. The number of nitrogens with zero attached hydrogens (tertiary/aromatic N) is 1. The van der Waals surface area contributed by atoms with Crippen LogP contribution in [0.1, 0.15) is 48.9 Å². The summed E-state index contributed by atoms with van der Waals surface area (Å²) in [5, 5.41) is 4.08. The number of hydrogen-bond acceptors (Lipinski definition) is 5. The standard InChI is InChI=1S/C30H31ClN2O4S/c1-6-36-23-10-8-22(9-11-23)33-29(34)26(32-30(33)38)15-20-7-12-27(35-5)21(14-20)17-37-28-13-19(4)25(31)16-24(28)18(2)3/h7-16,18H,6,17H2,1-5H3,(H,32,38)/b26-15+. The van der Waals surface area contributed by atoms with Crippen LogP contribution in [0.4, 0.5) is 5.69 Å². The van der Waals surface area contributed by atoms with Gasteiger partial charge in [0.2, 0.25) is 0 Å². The normalized spacial score (nSPS) is 14.3. The van der Waals surface area contributed by atoms with Crippen molar-refractivity contribution in [2.75, 3.05) is 18.6 Å². The first-order valence-electron chi connectivity index (χ1n) is 12.4. The van der Waals surface area contributed by atoms with Gasteiger partial charge in [-0.1, -0.05) is 31.5 Å². The molecule has 1 fully saturated rings. The van der Waals surface area contributed by atoms with Crippen molar-refractivity contribution in [2.45, 2.75) is 40.2 Å². The quantitative estimate of drug-likeness (QED) is 0.228. The van der Waals surface area contributed by atoms with Crippen molar-refractivity contribution >= 4 is 46.6 Å². The molecule has 0 unspecified atom stereocenters. The second kappa shape index (κ2) is 11.9. The van der Waals surface area contributed by atoms with Crippen LogP contribution in [0.25, 0.3) is 6.08 Å². The van der Waals surface area contributed by atoms with E-state index >= 15 is 0 Å². The molecule has 0 atom stereocenters. The molecular formula is C30H31ClN2O4S. The Bertz CT molecular complexity index is 1390. The van der Waals surface area contributed by atoms with Gasteiger partial charge in [-0.15, -0.1) is 0 Å². The van der Waals surface area contributed by atoms with Crippen LogP contribution < -0.4 is 24.4 Å². The summed E-state index contributed by atoms with van der Waals surface area (Å²) in [4.78, 5) is 14.7. The summed E-state index contributed by atoms with van der Waals surface area (Å²) < 4.78 is 17.3. The molecule has 6 nitrogen and oxygen atoms in total. The third kappa shape index (κ3) is 5.95. The fourth-order valence-corrected chi connectivity index (χ4v) is 4.67. The lowest BCUT2D eigenvalue weighted by Crippen LogP contribution is -2.30. The molecular weight excluding hydrogens is 520 g/mol. The summed E-state index contributed by atoms with van der Waals surface area (Å²) in [6.07, 6.45) is 1.78. The molecule has 1 N–H and O–H groups in total. The van der Waals surface area contributed by atoms with Crippen molar-refractivity contribution in [2.24, 2.45) is 0 Å². The van der Waals surface area contributed by atoms with E-state index in [0.29, 0.717) is 35.5 Å². The van der Waals surface area contributed by atoms with Crippen LogP contribution in [0, 0.1) is 6.92 Å². The molecule has 198 valence electrons. The number of thiocarbonyl (C=S) groups is 1. The van der Waals surface area contributed by atoms with Crippen molar-refractivity contribution in [3.8, 4) is 17.2 Å². The monoisotopic (exact) mass is 550 g/mol. The highest BCUT2D eigenvalue weighted by Gasteiger charge is 2.32. The lowest BCUT2D eigenvalue weighted by atomic mass is 10.0. The van der Waals surface area contributed by atoms with Gasteiger partial charge in [-0.05, 0) is 103 Å². The van der Waals surface area contributed by atoms with Gasteiger partial charge in [0.05, 0.1) is 19.4 Å². The van der Waals surface area contributed by atoms with Gasteiger partial charge >= 0.3 is 0 Å². The molecule has 4 rings (SSSR count). The minimum atomic E-state index is -0.231.